The van der Waals surface area contributed by atoms with Gasteiger partial charge >= 0.3 is 0 Å². The van der Waals surface area contributed by atoms with Crippen LogP contribution in [0.2, 0.25) is 0 Å². The molecule has 0 saturated heterocycles. The van der Waals surface area contributed by atoms with Gasteiger partial charge in [-0.3, -0.25) is 4.79 Å². The molecule has 1 unspecified atom stereocenters. The summed E-state index contributed by atoms with van der Waals surface area (Å²) in [6, 6.07) is 5.21. The van der Waals surface area contributed by atoms with Crippen molar-refractivity contribution >= 4 is 11.6 Å². The molecule has 1 heterocycles. The number of ether oxygens (including phenoxy) is 1. The lowest BCUT2D eigenvalue weighted by molar-refractivity contribution is -0.0489. The molecular formula is C19H28N2O3. The second kappa shape index (κ2) is 7.36. The maximum Gasteiger partial charge on any atom is 0.248 e. The van der Waals surface area contributed by atoms with Crippen molar-refractivity contribution < 1.29 is 14.6 Å². The van der Waals surface area contributed by atoms with E-state index in [0.717, 1.165) is 17.7 Å². The fourth-order valence-electron chi connectivity index (χ4n) is 3.09. The molecule has 24 heavy (non-hydrogen) atoms. The van der Waals surface area contributed by atoms with Gasteiger partial charge in [-0.1, -0.05) is 11.1 Å². The lowest BCUT2D eigenvalue weighted by Gasteiger charge is -2.34. The van der Waals surface area contributed by atoms with Crippen molar-refractivity contribution in [3.63, 3.8) is 0 Å². The van der Waals surface area contributed by atoms with E-state index in [2.05, 4.69) is 26.1 Å². The Kier molecular flexibility index (Phi) is 5.67. The van der Waals surface area contributed by atoms with Gasteiger partial charge in [0.25, 0.3) is 0 Å². The minimum absolute atomic E-state index is 0.152. The number of allylic oxidation sites excluding steroid dienone is 2. The van der Waals surface area contributed by atoms with E-state index in [0.29, 0.717) is 18.4 Å². The zero-order valence-electron chi connectivity index (χ0n) is 15.0. The average Bonchev–Trinajstić information content (AvgIpc) is 2.96. The number of nitrogens with one attached hydrogen (secondary N) is 1. The number of rotatable bonds is 7. The Morgan fingerprint density at radius 2 is 2.12 bits per heavy atom. The second-order valence-electron chi connectivity index (χ2n) is 6.95. The molecule has 0 aromatic heterocycles. The Morgan fingerprint density at radius 1 is 1.42 bits per heavy atom. The van der Waals surface area contributed by atoms with Crippen molar-refractivity contribution in [2.24, 2.45) is 5.73 Å². The van der Waals surface area contributed by atoms with Crippen LogP contribution in [-0.4, -0.2) is 36.4 Å². The number of amides is 1. The Morgan fingerprint density at radius 3 is 2.71 bits per heavy atom. The number of benzene rings is 1. The van der Waals surface area contributed by atoms with E-state index in [-0.39, 0.29) is 12.6 Å². The summed E-state index contributed by atoms with van der Waals surface area (Å²) in [6.07, 6.45) is 2.08. The molecule has 2 atom stereocenters. The van der Waals surface area contributed by atoms with Gasteiger partial charge in [-0.25, -0.2) is 0 Å². The number of nitrogens with two attached hydrogens (primary N) is 1. The molecule has 5 nitrogen and oxygen atoms in total. The predicted molar refractivity (Wildman–Crippen MR) is 96.2 cm³/mol. The summed E-state index contributed by atoms with van der Waals surface area (Å²) in [5, 5.41) is 14.6. The Labute approximate surface area is 143 Å². The highest BCUT2D eigenvalue weighted by Gasteiger charge is 2.40. The van der Waals surface area contributed by atoms with Gasteiger partial charge in [0.2, 0.25) is 5.91 Å². The van der Waals surface area contributed by atoms with Crippen molar-refractivity contribution in [2.75, 3.05) is 19.0 Å². The summed E-state index contributed by atoms with van der Waals surface area (Å²) >= 11 is 0. The number of anilines is 1. The van der Waals surface area contributed by atoms with E-state index >= 15 is 0 Å². The van der Waals surface area contributed by atoms with Crippen LogP contribution in [-0.2, 0) is 11.2 Å². The number of carbonyl (C=O) groups excluding carboxylic acids is 1. The summed E-state index contributed by atoms with van der Waals surface area (Å²) in [5.41, 5.74) is 9.39. The van der Waals surface area contributed by atoms with Crippen LogP contribution in [0.3, 0.4) is 0 Å². The normalized spacial score (nSPS) is 18.5. The minimum Gasteiger partial charge on any atom is -0.385 e. The lowest BCUT2D eigenvalue weighted by atomic mass is 9.86. The van der Waals surface area contributed by atoms with Gasteiger partial charge in [-0.2, -0.15) is 0 Å². The first kappa shape index (κ1) is 18.5. The lowest BCUT2D eigenvalue weighted by Crippen LogP contribution is -2.49. The van der Waals surface area contributed by atoms with Gasteiger partial charge < -0.3 is 20.9 Å². The molecule has 1 aromatic carbocycles. The predicted octanol–water partition coefficient (Wildman–Crippen LogP) is 2.64. The van der Waals surface area contributed by atoms with Crippen molar-refractivity contribution in [1.82, 2.24) is 0 Å². The molecule has 0 radical (unpaired) electrons. The van der Waals surface area contributed by atoms with E-state index in [1.54, 1.807) is 19.2 Å². The molecule has 2 rings (SSSR count). The zero-order valence-corrected chi connectivity index (χ0v) is 15.0. The third-order valence-electron chi connectivity index (χ3n) is 4.97. The molecule has 132 valence electrons. The molecule has 1 aliphatic rings. The van der Waals surface area contributed by atoms with E-state index in [9.17, 15) is 9.90 Å². The highest BCUT2D eigenvalue weighted by atomic mass is 16.5. The number of hydrogen-bond acceptors (Lipinski definition) is 4. The highest BCUT2D eigenvalue weighted by molar-refractivity contribution is 5.93. The number of primary amides is 1. The maximum absolute atomic E-state index is 11.4. The Bertz CT molecular complexity index is 650. The standard InChI is InChI=1S/C19H28N2O3/c1-12(2)13(3)7-8-19(23,11-24-4)17-10-15-9-14(18(20)22)5-6-16(15)21-17/h5-6,9,17,21,23H,7-8,10-11H2,1-4H3,(H2,20,22)/t17-,19?/m1/s1. The Hall–Kier alpha value is -1.85. The van der Waals surface area contributed by atoms with Crippen LogP contribution in [0.5, 0.6) is 0 Å². The van der Waals surface area contributed by atoms with Crippen molar-refractivity contribution in [3.8, 4) is 0 Å². The molecule has 0 spiro atoms. The van der Waals surface area contributed by atoms with Crippen LogP contribution in [0.1, 0.15) is 49.5 Å². The molecule has 5 heteroatoms. The van der Waals surface area contributed by atoms with E-state index in [1.807, 2.05) is 6.07 Å². The summed E-state index contributed by atoms with van der Waals surface area (Å²) in [7, 11) is 1.60. The van der Waals surface area contributed by atoms with Crippen LogP contribution in [0.4, 0.5) is 5.69 Å². The smallest absolute Gasteiger partial charge is 0.248 e. The van der Waals surface area contributed by atoms with Gasteiger partial charge in [-0.15, -0.1) is 0 Å². The largest absolute Gasteiger partial charge is 0.385 e. The summed E-state index contributed by atoms with van der Waals surface area (Å²) < 4.78 is 5.29. The molecular weight excluding hydrogens is 304 g/mol. The first-order valence-corrected chi connectivity index (χ1v) is 8.30. The van der Waals surface area contributed by atoms with Crippen molar-refractivity contribution in [2.45, 2.75) is 51.7 Å². The van der Waals surface area contributed by atoms with Crippen LogP contribution in [0.15, 0.2) is 29.3 Å². The van der Waals surface area contributed by atoms with Crippen LogP contribution >= 0.6 is 0 Å². The van der Waals surface area contributed by atoms with Gasteiger partial charge in [0, 0.05) is 18.4 Å². The van der Waals surface area contributed by atoms with Crippen LogP contribution < -0.4 is 11.1 Å². The fourth-order valence-corrected chi connectivity index (χ4v) is 3.09. The summed E-state index contributed by atoms with van der Waals surface area (Å²) in [4.78, 5) is 11.4. The third kappa shape index (κ3) is 3.97. The van der Waals surface area contributed by atoms with Crippen molar-refractivity contribution in [1.29, 1.82) is 0 Å². The topological polar surface area (TPSA) is 84.6 Å². The fraction of sp³-hybridized carbons (Fsp3) is 0.526. The Balaban J connectivity index is 2.17. The second-order valence-corrected chi connectivity index (χ2v) is 6.95. The number of aliphatic hydroxyl groups is 1. The van der Waals surface area contributed by atoms with E-state index < -0.39 is 11.5 Å². The highest BCUT2D eigenvalue weighted by Crippen LogP contribution is 2.34. The molecule has 1 amide bonds. The summed E-state index contributed by atoms with van der Waals surface area (Å²) in [5.74, 6) is -0.437. The van der Waals surface area contributed by atoms with Gasteiger partial charge in [-0.05, 0) is 63.8 Å². The number of fused-ring (bicyclic) bond motifs is 1. The number of hydrogen-bond donors (Lipinski definition) is 3. The quantitative estimate of drug-likeness (QED) is 0.670. The molecule has 0 aliphatic carbocycles. The minimum atomic E-state index is -0.975. The molecule has 0 saturated carbocycles. The maximum atomic E-state index is 11.4. The molecule has 4 N–H and O–H groups in total. The molecule has 0 bridgehead atoms. The van der Waals surface area contributed by atoms with E-state index in [4.69, 9.17) is 10.5 Å². The monoisotopic (exact) mass is 332 g/mol. The van der Waals surface area contributed by atoms with Crippen LogP contribution in [0.25, 0.3) is 0 Å². The molecule has 1 aliphatic heterocycles. The molecule has 1 aromatic rings. The number of methoxy groups -OCH3 is 1. The van der Waals surface area contributed by atoms with Crippen molar-refractivity contribution in [3.05, 3.63) is 40.5 Å². The van der Waals surface area contributed by atoms with Gasteiger partial charge in [0.1, 0.15) is 5.60 Å². The van der Waals surface area contributed by atoms with E-state index in [1.165, 1.54) is 11.1 Å². The number of carbonyl (C=O) groups is 1. The first-order valence-electron chi connectivity index (χ1n) is 8.30. The third-order valence-corrected chi connectivity index (χ3v) is 4.97. The average molecular weight is 332 g/mol. The van der Waals surface area contributed by atoms with Gasteiger partial charge in [0.05, 0.1) is 12.6 Å². The molecule has 0 fully saturated rings. The zero-order chi connectivity index (χ0) is 17.9. The first-order chi connectivity index (χ1) is 11.3. The summed E-state index contributed by atoms with van der Waals surface area (Å²) in [6.45, 7) is 6.52. The SMILES string of the molecule is COCC(O)(CCC(C)=C(C)C)[C@H]1Cc2cc(C(N)=O)ccc2N1. The van der Waals surface area contributed by atoms with Gasteiger partial charge in [0.15, 0.2) is 0 Å². The van der Waals surface area contributed by atoms with Crippen LogP contribution in [0, 0.1) is 0 Å².